The van der Waals surface area contributed by atoms with E-state index in [-0.39, 0.29) is 24.0 Å². The summed E-state index contributed by atoms with van der Waals surface area (Å²) in [7, 11) is 0. The molecule has 2 atom stereocenters. The summed E-state index contributed by atoms with van der Waals surface area (Å²) in [5.41, 5.74) is 5.83. The lowest BCUT2D eigenvalue weighted by molar-refractivity contribution is -0.141. The molecule has 12 heteroatoms. The first kappa shape index (κ1) is 34.0. The molecule has 2 fully saturated rings. The normalized spacial score (nSPS) is 16.7. The Balaban J connectivity index is 1.17. The van der Waals surface area contributed by atoms with E-state index in [1.54, 1.807) is 12.3 Å². The van der Waals surface area contributed by atoms with Crippen molar-refractivity contribution < 1.29 is 14.3 Å². The maximum Gasteiger partial charge on any atom is 0.272 e. The van der Waals surface area contributed by atoms with Crippen molar-refractivity contribution in [3.63, 3.8) is 0 Å². The van der Waals surface area contributed by atoms with Crippen molar-refractivity contribution in [2.75, 3.05) is 43.0 Å². The summed E-state index contributed by atoms with van der Waals surface area (Å²) in [6.45, 7) is 5.00. The molecule has 0 saturated carbocycles. The van der Waals surface area contributed by atoms with Gasteiger partial charge in [-0.05, 0) is 61.7 Å². The summed E-state index contributed by atoms with van der Waals surface area (Å²) in [6.07, 6.45) is 4.88. The molecule has 6 aromatic rings. The number of halogens is 2. The van der Waals surface area contributed by atoms with Crippen LogP contribution in [0.25, 0.3) is 33.4 Å². The van der Waals surface area contributed by atoms with Gasteiger partial charge in [-0.15, -0.1) is 0 Å². The molecular formula is C40H37Cl2N7O3. The number of fused-ring (bicyclic) bond motifs is 1. The van der Waals surface area contributed by atoms with E-state index in [9.17, 15) is 9.59 Å². The second-order valence-corrected chi connectivity index (χ2v) is 14.0. The topological polar surface area (TPSA) is 108 Å². The second kappa shape index (κ2) is 14.5. The number of aromatic amines is 1. The molecule has 2 unspecified atom stereocenters. The molecule has 264 valence electrons. The molecule has 2 amide bonds. The summed E-state index contributed by atoms with van der Waals surface area (Å²) >= 11 is 12.8. The van der Waals surface area contributed by atoms with Gasteiger partial charge in [0.2, 0.25) is 0 Å². The average molecular weight is 735 g/mol. The van der Waals surface area contributed by atoms with Crippen molar-refractivity contribution in [1.29, 1.82) is 0 Å². The molecular weight excluding hydrogens is 697 g/mol. The highest BCUT2D eigenvalue weighted by Crippen LogP contribution is 2.42. The fourth-order valence-electron chi connectivity index (χ4n) is 7.24. The Bertz CT molecular complexity index is 2240. The lowest BCUT2D eigenvalue weighted by Crippen LogP contribution is -2.51. The first-order chi connectivity index (χ1) is 25.4. The van der Waals surface area contributed by atoms with E-state index in [4.69, 9.17) is 32.9 Å². The fourth-order valence-corrected chi connectivity index (χ4v) is 7.54. The van der Waals surface area contributed by atoms with Gasteiger partial charge in [0.25, 0.3) is 11.8 Å². The number of anilines is 2. The van der Waals surface area contributed by atoms with Crippen LogP contribution in [0, 0.1) is 0 Å². The third-order valence-corrected chi connectivity index (χ3v) is 10.5. The molecule has 2 aliphatic heterocycles. The van der Waals surface area contributed by atoms with Crippen LogP contribution in [-0.4, -0.2) is 75.1 Å². The maximum absolute atomic E-state index is 14.6. The van der Waals surface area contributed by atoms with Crippen LogP contribution in [0.1, 0.15) is 41.9 Å². The van der Waals surface area contributed by atoms with Crippen LogP contribution in [0.4, 0.5) is 11.5 Å². The number of pyridine rings is 1. The van der Waals surface area contributed by atoms with Crippen LogP contribution in [0.2, 0.25) is 10.0 Å². The molecule has 2 aliphatic rings. The van der Waals surface area contributed by atoms with Crippen LogP contribution in [-0.2, 0) is 9.53 Å². The van der Waals surface area contributed by atoms with Gasteiger partial charge in [0, 0.05) is 71.1 Å². The number of nitrogens with one attached hydrogen (secondary N) is 2. The minimum absolute atomic E-state index is 0.0534. The highest BCUT2D eigenvalue weighted by Gasteiger charge is 2.32. The molecule has 0 radical (unpaired) electrons. The zero-order valence-electron chi connectivity index (χ0n) is 28.6. The number of benzene rings is 3. The molecule has 52 heavy (non-hydrogen) atoms. The smallest absolute Gasteiger partial charge is 0.272 e. The Labute approximate surface area is 311 Å². The number of H-pyrrole nitrogens is 1. The number of carbonyl (C=O) groups is 2. The lowest BCUT2D eigenvalue weighted by atomic mass is 9.99. The van der Waals surface area contributed by atoms with Crippen molar-refractivity contribution >= 4 is 57.4 Å². The number of hydrogen-bond acceptors (Lipinski definition) is 6. The number of aromatic nitrogens is 4. The maximum atomic E-state index is 14.6. The van der Waals surface area contributed by atoms with Crippen molar-refractivity contribution in [3.05, 3.63) is 119 Å². The molecule has 0 bridgehead atoms. The fraction of sp³-hybridized carbons (Fsp3) is 0.250. The number of imidazole rings is 1. The Morgan fingerprint density at radius 2 is 1.69 bits per heavy atom. The number of nitrogens with zero attached hydrogens (tertiary/aromatic N) is 5. The highest BCUT2D eigenvalue weighted by atomic mass is 35.5. The Morgan fingerprint density at radius 1 is 0.923 bits per heavy atom. The van der Waals surface area contributed by atoms with Gasteiger partial charge < -0.3 is 29.4 Å². The Morgan fingerprint density at radius 3 is 2.44 bits per heavy atom. The Kier molecular flexibility index (Phi) is 9.44. The summed E-state index contributed by atoms with van der Waals surface area (Å²) < 4.78 is 7.75. The summed E-state index contributed by atoms with van der Waals surface area (Å²) in [5, 5.41) is 5.21. The summed E-state index contributed by atoms with van der Waals surface area (Å²) in [4.78, 5) is 44.6. The van der Waals surface area contributed by atoms with Gasteiger partial charge in [-0.2, -0.15) is 0 Å². The molecule has 8 rings (SSSR count). The Hall–Kier alpha value is -5.16. The van der Waals surface area contributed by atoms with E-state index in [2.05, 4.69) is 31.7 Å². The molecule has 2 N–H and O–H groups in total. The van der Waals surface area contributed by atoms with Gasteiger partial charge in [-0.3, -0.25) is 9.59 Å². The van der Waals surface area contributed by atoms with Gasteiger partial charge in [0.05, 0.1) is 29.4 Å². The lowest BCUT2D eigenvalue weighted by Gasteiger charge is -2.37. The van der Waals surface area contributed by atoms with E-state index >= 15 is 0 Å². The first-order valence-electron chi connectivity index (χ1n) is 17.5. The molecule has 10 nitrogen and oxygen atoms in total. The van der Waals surface area contributed by atoms with Crippen LogP contribution < -0.4 is 10.2 Å². The highest BCUT2D eigenvalue weighted by molar-refractivity contribution is 6.31. The largest absolute Gasteiger partial charge is 0.368 e. The molecule has 5 heterocycles. The summed E-state index contributed by atoms with van der Waals surface area (Å²) in [5.74, 6) is 0.361. The zero-order chi connectivity index (χ0) is 35.8. The quantitative estimate of drug-likeness (QED) is 0.164. The van der Waals surface area contributed by atoms with E-state index < -0.39 is 0 Å². The molecule has 2 saturated heterocycles. The minimum atomic E-state index is -0.343. The van der Waals surface area contributed by atoms with E-state index in [0.717, 1.165) is 46.3 Å². The van der Waals surface area contributed by atoms with Crippen molar-refractivity contribution in [2.24, 2.45) is 0 Å². The van der Waals surface area contributed by atoms with E-state index in [0.29, 0.717) is 65.6 Å². The van der Waals surface area contributed by atoms with Gasteiger partial charge in [-0.1, -0.05) is 71.7 Å². The zero-order valence-corrected chi connectivity index (χ0v) is 30.1. The molecule has 0 aliphatic carbocycles. The predicted octanol–water partition coefficient (Wildman–Crippen LogP) is 8.09. The SMILES string of the molecule is CC(c1ccc(Cl)cc1)n1cnc(-c2ccccc2)c1-c1c(C(=O)Nc2cccnc2N2CCN(C(=O)C3CCCO3)CC2)[nH]c2cc(Cl)ccc12. The number of amides is 2. The van der Waals surface area contributed by atoms with Crippen LogP contribution in [0.5, 0.6) is 0 Å². The van der Waals surface area contributed by atoms with E-state index in [1.807, 2.05) is 90.1 Å². The average Bonchev–Trinajstić information content (AvgIpc) is 3.94. The number of carbonyl (C=O) groups excluding carboxylic acids is 2. The molecule has 3 aromatic carbocycles. The van der Waals surface area contributed by atoms with Gasteiger partial charge in [-0.25, -0.2) is 9.97 Å². The monoisotopic (exact) mass is 733 g/mol. The van der Waals surface area contributed by atoms with Crippen molar-refractivity contribution in [2.45, 2.75) is 31.9 Å². The summed E-state index contributed by atoms with van der Waals surface area (Å²) in [6, 6.07) is 26.8. The third kappa shape index (κ3) is 6.53. The molecule has 3 aromatic heterocycles. The van der Waals surface area contributed by atoms with E-state index in [1.165, 1.54) is 0 Å². The van der Waals surface area contributed by atoms with Crippen molar-refractivity contribution in [3.8, 4) is 22.5 Å². The van der Waals surface area contributed by atoms with Gasteiger partial charge in [0.15, 0.2) is 5.82 Å². The number of hydrogen-bond donors (Lipinski definition) is 2. The van der Waals surface area contributed by atoms with Crippen LogP contribution in [0.3, 0.4) is 0 Å². The second-order valence-electron chi connectivity index (χ2n) is 13.2. The molecule has 0 spiro atoms. The van der Waals surface area contributed by atoms with Crippen LogP contribution in [0.15, 0.2) is 97.5 Å². The van der Waals surface area contributed by atoms with Crippen LogP contribution >= 0.6 is 23.2 Å². The number of piperazine rings is 1. The third-order valence-electron chi connectivity index (χ3n) is 9.97. The standard InChI is InChI=1S/C40H37Cl2N7O3/c1-25(26-11-13-28(41)14-12-26)49-24-44-35(27-7-3-2-4-8-27)37(49)34-30-16-15-29(42)23-32(30)45-36(34)39(50)46-31-9-5-17-43-38(31)47-18-20-48(21-19-47)40(51)33-10-6-22-52-33/h2-5,7-9,11-17,23-25,33,45H,6,10,18-22H2,1H3,(H,46,50). The predicted molar refractivity (Wildman–Crippen MR) is 205 cm³/mol. The minimum Gasteiger partial charge on any atom is -0.368 e. The van der Waals surface area contributed by atoms with Gasteiger partial charge >= 0.3 is 0 Å². The van der Waals surface area contributed by atoms with Gasteiger partial charge in [0.1, 0.15) is 11.8 Å². The van der Waals surface area contributed by atoms with Crippen molar-refractivity contribution in [1.82, 2.24) is 24.4 Å². The number of rotatable bonds is 8. The number of ether oxygens (including phenoxy) is 1. The first-order valence-corrected chi connectivity index (χ1v) is 18.2.